The van der Waals surface area contributed by atoms with E-state index in [0.29, 0.717) is 0 Å². The summed E-state index contributed by atoms with van der Waals surface area (Å²) in [5.41, 5.74) is 2.20. The molecule has 1 aromatic rings. The first-order valence-electron chi connectivity index (χ1n) is 4.68. The summed E-state index contributed by atoms with van der Waals surface area (Å²) in [6.45, 7) is 3.62. The molecule has 3 heteroatoms. The molecule has 1 aromatic carbocycles. The van der Waals surface area contributed by atoms with Crippen molar-refractivity contribution in [2.45, 2.75) is 26.3 Å². The lowest BCUT2D eigenvalue weighted by Crippen LogP contribution is -2.25. The van der Waals surface area contributed by atoms with Crippen molar-refractivity contribution in [2.24, 2.45) is 0 Å². The van der Waals surface area contributed by atoms with Gasteiger partial charge in [-0.3, -0.25) is 0 Å². The van der Waals surface area contributed by atoms with Gasteiger partial charge in [0.15, 0.2) is 0 Å². The molecule has 0 amide bonds. The highest BCUT2D eigenvalue weighted by molar-refractivity contribution is 5.28. The molecule has 0 bridgehead atoms. The second-order valence-corrected chi connectivity index (χ2v) is 3.38. The highest BCUT2D eigenvalue weighted by Gasteiger charge is 2.09. The topological polar surface area (TPSA) is 12.0 Å². The average molecular weight is 199 g/mol. The number of alkyl halides is 2. The first-order valence-corrected chi connectivity index (χ1v) is 4.68. The Bertz CT molecular complexity index is 286. The third-order valence-electron chi connectivity index (χ3n) is 2.23. The number of nitrogens with one attached hydrogen (secondary N) is 1. The normalized spacial score (nSPS) is 13.2. The molecular weight excluding hydrogens is 184 g/mol. The molecule has 0 unspecified atom stereocenters. The number of halogens is 2. The fourth-order valence-electron chi connectivity index (χ4n) is 1.45. The Hall–Kier alpha value is -0.960. The van der Waals surface area contributed by atoms with Gasteiger partial charge in [-0.05, 0) is 25.0 Å². The van der Waals surface area contributed by atoms with Crippen molar-refractivity contribution in [2.75, 3.05) is 6.54 Å². The van der Waals surface area contributed by atoms with E-state index in [4.69, 9.17) is 0 Å². The number of benzene rings is 1. The lowest BCUT2D eigenvalue weighted by Gasteiger charge is -2.15. The van der Waals surface area contributed by atoms with Crippen LogP contribution in [0.2, 0.25) is 0 Å². The van der Waals surface area contributed by atoms with Crippen LogP contribution in [0.5, 0.6) is 0 Å². The van der Waals surface area contributed by atoms with E-state index in [1.54, 1.807) is 0 Å². The van der Waals surface area contributed by atoms with Crippen LogP contribution in [-0.2, 0) is 0 Å². The van der Waals surface area contributed by atoms with E-state index in [-0.39, 0.29) is 12.6 Å². The first kappa shape index (κ1) is 11.1. The fraction of sp³-hybridized carbons (Fsp3) is 0.455. The second kappa shape index (κ2) is 5.05. The predicted molar refractivity (Wildman–Crippen MR) is 53.6 cm³/mol. The molecule has 1 N–H and O–H groups in total. The minimum atomic E-state index is -2.29. The highest BCUT2D eigenvalue weighted by Crippen LogP contribution is 2.16. The number of rotatable bonds is 4. The largest absolute Gasteiger partial charge is 0.305 e. The van der Waals surface area contributed by atoms with Gasteiger partial charge in [-0.25, -0.2) is 8.78 Å². The summed E-state index contributed by atoms with van der Waals surface area (Å²) in [6, 6.07) is 7.78. The van der Waals surface area contributed by atoms with Gasteiger partial charge >= 0.3 is 0 Å². The summed E-state index contributed by atoms with van der Waals surface area (Å²) in [7, 11) is 0. The maximum absolute atomic E-state index is 11.9. The summed E-state index contributed by atoms with van der Waals surface area (Å²) in [4.78, 5) is 0. The van der Waals surface area contributed by atoms with Crippen molar-refractivity contribution in [3.8, 4) is 0 Å². The van der Waals surface area contributed by atoms with Crippen LogP contribution in [0.3, 0.4) is 0 Å². The standard InChI is InChI=1S/C11H15F2N/c1-8-5-3-4-6-10(8)9(2)14-7-11(12)13/h3-6,9,11,14H,7H2,1-2H3/t9-/m1/s1. The van der Waals surface area contributed by atoms with Gasteiger partial charge in [-0.1, -0.05) is 24.3 Å². The van der Waals surface area contributed by atoms with E-state index in [2.05, 4.69) is 5.32 Å². The summed E-state index contributed by atoms with van der Waals surface area (Å²) >= 11 is 0. The third-order valence-corrected chi connectivity index (χ3v) is 2.23. The Morgan fingerprint density at radius 2 is 1.93 bits per heavy atom. The average Bonchev–Trinajstić information content (AvgIpc) is 2.15. The van der Waals surface area contributed by atoms with Crippen LogP contribution >= 0.6 is 0 Å². The van der Waals surface area contributed by atoms with E-state index in [1.165, 1.54) is 0 Å². The zero-order valence-corrected chi connectivity index (χ0v) is 8.43. The van der Waals surface area contributed by atoms with E-state index in [1.807, 2.05) is 38.1 Å². The van der Waals surface area contributed by atoms with Crippen LogP contribution in [0.25, 0.3) is 0 Å². The summed E-state index contributed by atoms with van der Waals surface area (Å²) in [5, 5.41) is 2.79. The van der Waals surface area contributed by atoms with E-state index in [9.17, 15) is 8.78 Å². The maximum Gasteiger partial charge on any atom is 0.250 e. The third kappa shape index (κ3) is 3.07. The van der Waals surface area contributed by atoms with Crippen LogP contribution in [0.4, 0.5) is 8.78 Å². The Morgan fingerprint density at radius 3 is 2.50 bits per heavy atom. The molecule has 0 aromatic heterocycles. The Balaban J connectivity index is 2.60. The highest BCUT2D eigenvalue weighted by atomic mass is 19.3. The van der Waals surface area contributed by atoms with Crippen molar-refractivity contribution >= 4 is 0 Å². The predicted octanol–water partition coefficient (Wildman–Crippen LogP) is 2.91. The molecule has 0 saturated heterocycles. The van der Waals surface area contributed by atoms with Crippen LogP contribution in [0, 0.1) is 6.92 Å². The Kier molecular flexibility index (Phi) is 4.01. The monoisotopic (exact) mass is 199 g/mol. The van der Waals surface area contributed by atoms with Gasteiger partial charge in [0.05, 0.1) is 6.54 Å². The zero-order valence-electron chi connectivity index (χ0n) is 8.43. The van der Waals surface area contributed by atoms with Gasteiger partial charge in [-0.15, -0.1) is 0 Å². The van der Waals surface area contributed by atoms with Crippen LogP contribution in [0.15, 0.2) is 24.3 Å². The lowest BCUT2D eigenvalue weighted by molar-refractivity contribution is 0.142. The number of hydrogen-bond donors (Lipinski definition) is 1. The molecule has 78 valence electrons. The molecule has 0 aliphatic heterocycles. The summed E-state index contributed by atoms with van der Waals surface area (Å²) in [5.74, 6) is 0. The summed E-state index contributed by atoms with van der Waals surface area (Å²) in [6.07, 6.45) is -2.29. The second-order valence-electron chi connectivity index (χ2n) is 3.38. The number of hydrogen-bond acceptors (Lipinski definition) is 1. The lowest BCUT2D eigenvalue weighted by atomic mass is 10.0. The van der Waals surface area contributed by atoms with Crippen molar-refractivity contribution in [3.63, 3.8) is 0 Å². The van der Waals surface area contributed by atoms with Gasteiger partial charge in [0.25, 0.3) is 6.43 Å². The Morgan fingerprint density at radius 1 is 1.29 bits per heavy atom. The van der Waals surface area contributed by atoms with Gasteiger partial charge in [0, 0.05) is 6.04 Å². The van der Waals surface area contributed by atoms with Crippen LogP contribution in [-0.4, -0.2) is 13.0 Å². The van der Waals surface area contributed by atoms with E-state index in [0.717, 1.165) is 11.1 Å². The van der Waals surface area contributed by atoms with Crippen molar-refractivity contribution < 1.29 is 8.78 Å². The molecule has 0 heterocycles. The molecule has 0 saturated carbocycles. The van der Waals surface area contributed by atoms with Crippen molar-refractivity contribution in [1.82, 2.24) is 5.32 Å². The first-order chi connectivity index (χ1) is 6.61. The number of aryl methyl sites for hydroxylation is 1. The molecule has 0 spiro atoms. The van der Waals surface area contributed by atoms with Gasteiger partial charge in [0.1, 0.15) is 0 Å². The van der Waals surface area contributed by atoms with Crippen molar-refractivity contribution in [1.29, 1.82) is 0 Å². The fourth-order valence-corrected chi connectivity index (χ4v) is 1.45. The molecule has 0 aliphatic carbocycles. The summed E-state index contributed by atoms with van der Waals surface area (Å²) < 4.78 is 23.9. The Labute approximate surface area is 83.1 Å². The van der Waals surface area contributed by atoms with E-state index < -0.39 is 6.43 Å². The SMILES string of the molecule is Cc1ccccc1[C@@H](C)NCC(F)F. The molecular formula is C11H15F2N. The van der Waals surface area contributed by atoms with Crippen molar-refractivity contribution in [3.05, 3.63) is 35.4 Å². The minimum Gasteiger partial charge on any atom is -0.305 e. The molecule has 0 radical (unpaired) electrons. The molecule has 1 nitrogen and oxygen atoms in total. The molecule has 1 rings (SSSR count). The van der Waals surface area contributed by atoms with Gasteiger partial charge < -0.3 is 5.32 Å². The minimum absolute atomic E-state index is 0.0230. The molecule has 1 atom stereocenters. The molecule has 0 fully saturated rings. The van der Waals surface area contributed by atoms with Gasteiger partial charge in [0.2, 0.25) is 0 Å². The molecule has 0 aliphatic rings. The van der Waals surface area contributed by atoms with E-state index >= 15 is 0 Å². The van der Waals surface area contributed by atoms with Crippen LogP contribution < -0.4 is 5.32 Å². The smallest absolute Gasteiger partial charge is 0.250 e. The maximum atomic E-state index is 11.9. The van der Waals surface area contributed by atoms with Crippen LogP contribution in [0.1, 0.15) is 24.1 Å². The quantitative estimate of drug-likeness (QED) is 0.786. The molecule has 14 heavy (non-hydrogen) atoms. The zero-order chi connectivity index (χ0) is 10.6. The van der Waals surface area contributed by atoms with Gasteiger partial charge in [-0.2, -0.15) is 0 Å².